The Labute approximate surface area is 114 Å². The summed E-state index contributed by atoms with van der Waals surface area (Å²) in [5, 5.41) is 9.79. The van der Waals surface area contributed by atoms with Gasteiger partial charge in [0.1, 0.15) is 5.75 Å². The minimum atomic E-state index is -4.33. The van der Waals surface area contributed by atoms with E-state index in [1.165, 1.54) is 18.2 Å². The van der Waals surface area contributed by atoms with Crippen LogP contribution in [0.15, 0.2) is 23.1 Å². The molecule has 0 radical (unpaired) electrons. The fourth-order valence-corrected chi connectivity index (χ4v) is 3.16. The molecule has 0 bridgehead atoms. The van der Waals surface area contributed by atoms with Crippen LogP contribution in [0, 0.1) is 5.92 Å². The number of phenolic OH excluding ortho intramolecular Hbond substituents is 1. The third-order valence-electron chi connectivity index (χ3n) is 3.50. The summed E-state index contributed by atoms with van der Waals surface area (Å²) >= 11 is -0.183. The van der Waals surface area contributed by atoms with E-state index in [-0.39, 0.29) is 28.3 Å². The highest BCUT2D eigenvalue weighted by Gasteiger charge is 2.30. The summed E-state index contributed by atoms with van der Waals surface area (Å²) in [6.45, 7) is 0. The standard InChI is InChI=1S/C13H16F3NOS/c14-13(15,16)19-9-5-6-11(18)10(7-9)12(17)8-3-1-2-4-8/h5-8,12,18H,1-4,17H2/t12-/m0/s1. The first-order valence-corrected chi connectivity index (χ1v) is 7.03. The zero-order chi connectivity index (χ0) is 14.0. The van der Waals surface area contributed by atoms with E-state index in [9.17, 15) is 18.3 Å². The van der Waals surface area contributed by atoms with Crippen molar-refractivity contribution in [1.29, 1.82) is 0 Å². The Bertz CT molecular complexity index is 444. The highest BCUT2D eigenvalue weighted by molar-refractivity contribution is 8.00. The molecule has 2 rings (SSSR count). The maximum Gasteiger partial charge on any atom is 0.446 e. The van der Waals surface area contributed by atoms with Crippen LogP contribution in [0.5, 0.6) is 5.75 Å². The number of aromatic hydroxyl groups is 1. The van der Waals surface area contributed by atoms with Gasteiger partial charge in [0, 0.05) is 16.5 Å². The van der Waals surface area contributed by atoms with Crippen molar-refractivity contribution in [2.24, 2.45) is 11.7 Å². The van der Waals surface area contributed by atoms with Crippen molar-refractivity contribution in [3.05, 3.63) is 23.8 Å². The molecule has 1 saturated carbocycles. The summed E-state index contributed by atoms with van der Waals surface area (Å²) in [4.78, 5) is 0.0637. The molecule has 0 saturated heterocycles. The Hall–Kier alpha value is -0.880. The molecule has 0 aromatic heterocycles. The molecule has 1 aromatic rings. The lowest BCUT2D eigenvalue weighted by Crippen LogP contribution is -2.19. The number of hydrogen-bond donors (Lipinski definition) is 2. The molecule has 0 heterocycles. The Morgan fingerprint density at radius 1 is 1.26 bits per heavy atom. The van der Waals surface area contributed by atoms with Gasteiger partial charge in [0.05, 0.1) is 0 Å². The van der Waals surface area contributed by atoms with Crippen LogP contribution in [0.3, 0.4) is 0 Å². The van der Waals surface area contributed by atoms with E-state index in [1.807, 2.05) is 0 Å². The van der Waals surface area contributed by atoms with Crippen LogP contribution in [-0.2, 0) is 0 Å². The van der Waals surface area contributed by atoms with Crippen LogP contribution in [0.2, 0.25) is 0 Å². The Kier molecular flexibility index (Phi) is 4.30. The van der Waals surface area contributed by atoms with Crippen LogP contribution in [-0.4, -0.2) is 10.6 Å². The van der Waals surface area contributed by atoms with Gasteiger partial charge in [-0.05, 0) is 48.7 Å². The second-order valence-electron chi connectivity index (χ2n) is 4.84. The van der Waals surface area contributed by atoms with Crippen LogP contribution >= 0.6 is 11.8 Å². The summed E-state index contributed by atoms with van der Waals surface area (Å²) in [6.07, 6.45) is 4.13. The number of rotatable bonds is 3. The molecule has 2 nitrogen and oxygen atoms in total. The maximum atomic E-state index is 12.3. The maximum absolute atomic E-state index is 12.3. The van der Waals surface area contributed by atoms with Gasteiger partial charge in [0.15, 0.2) is 0 Å². The quantitative estimate of drug-likeness (QED) is 0.821. The second-order valence-corrected chi connectivity index (χ2v) is 5.98. The average molecular weight is 291 g/mol. The predicted octanol–water partition coefficient (Wildman–Crippen LogP) is 4.19. The first-order chi connectivity index (χ1) is 8.87. The lowest BCUT2D eigenvalue weighted by molar-refractivity contribution is -0.0328. The number of alkyl halides is 3. The van der Waals surface area contributed by atoms with Gasteiger partial charge in [-0.25, -0.2) is 0 Å². The van der Waals surface area contributed by atoms with Crippen molar-refractivity contribution in [2.45, 2.75) is 42.1 Å². The van der Waals surface area contributed by atoms with Crippen molar-refractivity contribution >= 4 is 11.8 Å². The number of benzene rings is 1. The minimum absolute atomic E-state index is 0.0223. The van der Waals surface area contributed by atoms with Gasteiger partial charge in [-0.3, -0.25) is 0 Å². The molecule has 1 aliphatic rings. The number of nitrogens with two attached hydrogens (primary N) is 1. The zero-order valence-corrected chi connectivity index (χ0v) is 11.1. The summed E-state index contributed by atoms with van der Waals surface area (Å²) in [5.41, 5.74) is 2.17. The molecule has 0 aliphatic heterocycles. The Morgan fingerprint density at radius 2 is 1.89 bits per heavy atom. The smallest absolute Gasteiger partial charge is 0.446 e. The van der Waals surface area contributed by atoms with Crippen molar-refractivity contribution < 1.29 is 18.3 Å². The second kappa shape index (κ2) is 5.63. The van der Waals surface area contributed by atoms with Gasteiger partial charge in [-0.2, -0.15) is 13.2 Å². The lowest BCUT2D eigenvalue weighted by atomic mass is 9.92. The largest absolute Gasteiger partial charge is 0.508 e. The van der Waals surface area contributed by atoms with Crippen molar-refractivity contribution in [3.63, 3.8) is 0 Å². The predicted molar refractivity (Wildman–Crippen MR) is 68.9 cm³/mol. The van der Waals surface area contributed by atoms with Crippen molar-refractivity contribution in [2.75, 3.05) is 0 Å². The molecule has 106 valence electrons. The monoisotopic (exact) mass is 291 g/mol. The number of phenols is 1. The number of halogens is 3. The molecule has 0 unspecified atom stereocenters. The van der Waals surface area contributed by atoms with Crippen LogP contribution in [0.25, 0.3) is 0 Å². The Morgan fingerprint density at radius 3 is 2.47 bits per heavy atom. The fourth-order valence-electron chi connectivity index (χ4n) is 2.57. The number of thioether (sulfide) groups is 1. The molecule has 3 N–H and O–H groups in total. The van der Waals surface area contributed by atoms with Gasteiger partial charge in [0.2, 0.25) is 0 Å². The van der Waals surface area contributed by atoms with E-state index in [0.29, 0.717) is 5.56 Å². The molecule has 1 fully saturated rings. The van der Waals surface area contributed by atoms with E-state index in [4.69, 9.17) is 5.73 Å². The van der Waals surface area contributed by atoms with Gasteiger partial charge in [-0.1, -0.05) is 12.8 Å². The van der Waals surface area contributed by atoms with E-state index < -0.39 is 11.6 Å². The summed E-state index contributed by atoms with van der Waals surface area (Å²) in [6, 6.07) is 3.52. The van der Waals surface area contributed by atoms with E-state index in [1.54, 1.807) is 0 Å². The molecule has 0 spiro atoms. The molecule has 19 heavy (non-hydrogen) atoms. The van der Waals surface area contributed by atoms with Gasteiger partial charge in [-0.15, -0.1) is 0 Å². The third kappa shape index (κ3) is 3.79. The van der Waals surface area contributed by atoms with E-state index in [0.717, 1.165) is 25.7 Å². The molecule has 6 heteroatoms. The normalized spacial score (nSPS) is 18.7. The van der Waals surface area contributed by atoms with Crippen LogP contribution < -0.4 is 5.73 Å². The van der Waals surface area contributed by atoms with E-state index in [2.05, 4.69) is 0 Å². The highest BCUT2D eigenvalue weighted by Crippen LogP contribution is 2.41. The van der Waals surface area contributed by atoms with Gasteiger partial charge >= 0.3 is 5.51 Å². The van der Waals surface area contributed by atoms with Crippen molar-refractivity contribution in [1.82, 2.24) is 0 Å². The Balaban J connectivity index is 2.21. The number of hydrogen-bond acceptors (Lipinski definition) is 3. The first kappa shape index (κ1) is 14.5. The van der Waals surface area contributed by atoms with E-state index >= 15 is 0 Å². The third-order valence-corrected chi connectivity index (χ3v) is 4.22. The van der Waals surface area contributed by atoms with Crippen LogP contribution in [0.1, 0.15) is 37.3 Å². The lowest BCUT2D eigenvalue weighted by Gasteiger charge is -2.21. The average Bonchev–Trinajstić information content (AvgIpc) is 2.82. The topological polar surface area (TPSA) is 46.2 Å². The molecule has 1 atom stereocenters. The van der Waals surface area contributed by atoms with Crippen LogP contribution in [0.4, 0.5) is 13.2 Å². The van der Waals surface area contributed by atoms with Gasteiger partial charge in [0.25, 0.3) is 0 Å². The molecule has 1 aromatic carbocycles. The molecular weight excluding hydrogens is 275 g/mol. The minimum Gasteiger partial charge on any atom is -0.508 e. The fraction of sp³-hybridized carbons (Fsp3) is 0.538. The van der Waals surface area contributed by atoms with Crippen molar-refractivity contribution in [3.8, 4) is 5.75 Å². The summed E-state index contributed by atoms with van der Waals surface area (Å²) in [7, 11) is 0. The summed E-state index contributed by atoms with van der Waals surface area (Å²) < 4.78 is 37.0. The molecule has 0 amide bonds. The first-order valence-electron chi connectivity index (χ1n) is 6.21. The van der Waals surface area contributed by atoms with Gasteiger partial charge < -0.3 is 10.8 Å². The zero-order valence-electron chi connectivity index (χ0n) is 10.3. The summed E-state index contributed by atoms with van der Waals surface area (Å²) in [5.74, 6) is 0.225. The molecular formula is C13H16F3NOS. The highest BCUT2D eigenvalue weighted by atomic mass is 32.2. The SMILES string of the molecule is N[C@H](c1cc(SC(F)(F)F)ccc1O)C1CCCC1. The molecule has 1 aliphatic carbocycles.